The van der Waals surface area contributed by atoms with Crippen molar-refractivity contribution in [2.24, 2.45) is 5.41 Å². The minimum atomic E-state index is -0.743. The van der Waals surface area contributed by atoms with Crippen LogP contribution in [0.5, 0.6) is 0 Å². The highest BCUT2D eigenvalue weighted by Gasteiger charge is 2.34. The molecule has 0 atom stereocenters. The van der Waals surface area contributed by atoms with E-state index in [1.54, 1.807) is 6.20 Å². The van der Waals surface area contributed by atoms with E-state index in [-0.39, 0.29) is 0 Å². The molecule has 0 spiro atoms. The highest BCUT2D eigenvalue weighted by Crippen LogP contribution is 2.26. The fourth-order valence-corrected chi connectivity index (χ4v) is 3.00. The Balaban J connectivity index is 2.64. The minimum Gasteiger partial charge on any atom is -0.481 e. The Morgan fingerprint density at radius 1 is 1.42 bits per heavy atom. The Hall–Kier alpha value is -0.460. The van der Waals surface area contributed by atoms with E-state index in [9.17, 15) is 9.90 Å². The van der Waals surface area contributed by atoms with Crippen LogP contribution in [0.15, 0.2) is 21.2 Å². The molecular weight excluding hydrogens is 376 g/mol. The molecule has 0 unspecified atom stereocenters. The van der Waals surface area contributed by atoms with Gasteiger partial charge < -0.3 is 10.4 Å². The monoisotopic (exact) mass is 392 g/mol. The van der Waals surface area contributed by atoms with Crippen molar-refractivity contribution in [1.29, 1.82) is 0 Å². The number of carboxylic acids is 1. The molecule has 106 valence electrons. The van der Waals surface area contributed by atoms with Crippen LogP contribution in [0.3, 0.4) is 0 Å². The standard InChI is InChI=1S/C13H18Br2N2O2/c1-3-13(4-2,12(18)19)8-16-7-11-10(15)5-9(14)6-17-11/h5-6,16H,3-4,7-8H2,1-2H3,(H,18,19). The van der Waals surface area contributed by atoms with Crippen molar-refractivity contribution < 1.29 is 9.90 Å². The molecule has 2 N–H and O–H groups in total. The van der Waals surface area contributed by atoms with E-state index in [0.29, 0.717) is 25.9 Å². The Morgan fingerprint density at radius 2 is 2.05 bits per heavy atom. The fraction of sp³-hybridized carbons (Fsp3) is 0.538. The summed E-state index contributed by atoms with van der Waals surface area (Å²) in [6.07, 6.45) is 2.95. The maximum absolute atomic E-state index is 11.4. The molecule has 0 saturated carbocycles. The van der Waals surface area contributed by atoms with Gasteiger partial charge in [-0.3, -0.25) is 9.78 Å². The topological polar surface area (TPSA) is 62.2 Å². The first-order valence-electron chi connectivity index (χ1n) is 6.19. The zero-order chi connectivity index (χ0) is 14.5. The summed E-state index contributed by atoms with van der Waals surface area (Å²) in [6, 6.07) is 1.92. The Labute approximate surface area is 130 Å². The molecule has 19 heavy (non-hydrogen) atoms. The molecule has 0 aromatic carbocycles. The molecular formula is C13H18Br2N2O2. The highest BCUT2D eigenvalue weighted by molar-refractivity contribution is 9.11. The van der Waals surface area contributed by atoms with Crippen LogP contribution in [-0.2, 0) is 11.3 Å². The second-order valence-corrected chi connectivity index (χ2v) is 6.25. The van der Waals surface area contributed by atoms with Gasteiger partial charge in [0.25, 0.3) is 0 Å². The van der Waals surface area contributed by atoms with Gasteiger partial charge in [-0.2, -0.15) is 0 Å². The lowest BCUT2D eigenvalue weighted by molar-refractivity contribution is -0.149. The smallest absolute Gasteiger partial charge is 0.310 e. The van der Waals surface area contributed by atoms with Crippen molar-refractivity contribution in [3.63, 3.8) is 0 Å². The van der Waals surface area contributed by atoms with Crippen molar-refractivity contribution in [1.82, 2.24) is 10.3 Å². The van der Waals surface area contributed by atoms with Gasteiger partial charge in [0.1, 0.15) is 0 Å². The molecule has 0 aliphatic rings. The van der Waals surface area contributed by atoms with Crippen LogP contribution in [0.1, 0.15) is 32.4 Å². The number of carbonyl (C=O) groups is 1. The van der Waals surface area contributed by atoms with Gasteiger partial charge in [0, 0.05) is 28.2 Å². The summed E-state index contributed by atoms with van der Waals surface area (Å²) in [5.41, 5.74) is 0.177. The Bertz CT molecular complexity index is 448. The first kappa shape index (κ1) is 16.6. The summed E-state index contributed by atoms with van der Waals surface area (Å²) in [4.78, 5) is 15.7. The van der Waals surface area contributed by atoms with Crippen LogP contribution < -0.4 is 5.32 Å². The largest absolute Gasteiger partial charge is 0.481 e. The highest BCUT2D eigenvalue weighted by atomic mass is 79.9. The van der Waals surface area contributed by atoms with Crippen molar-refractivity contribution in [2.45, 2.75) is 33.2 Å². The summed E-state index contributed by atoms with van der Waals surface area (Å²) in [5.74, 6) is -0.743. The van der Waals surface area contributed by atoms with E-state index in [2.05, 4.69) is 42.2 Å². The molecule has 0 bridgehead atoms. The molecule has 6 heteroatoms. The number of hydrogen-bond donors (Lipinski definition) is 2. The molecule has 0 amide bonds. The quantitative estimate of drug-likeness (QED) is 0.742. The minimum absolute atomic E-state index is 0.444. The van der Waals surface area contributed by atoms with Gasteiger partial charge in [0.2, 0.25) is 0 Å². The van der Waals surface area contributed by atoms with Crippen LogP contribution >= 0.6 is 31.9 Å². The van der Waals surface area contributed by atoms with Gasteiger partial charge in [-0.15, -0.1) is 0 Å². The van der Waals surface area contributed by atoms with Crippen molar-refractivity contribution >= 4 is 37.8 Å². The summed E-state index contributed by atoms with van der Waals surface area (Å²) >= 11 is 6.79. The number of aliphatic carboxylic acids is 1. The number of rotatable bonds is 7. The number of nitrogens with one attached hydrogen (secondary N) is 1. The van der Waals surface area contributed by atoms with E-state index >= 15 is 0 Å². The van der Waals surface area contributed by atoms with E-state index < -0.39 is 11.4 Å². The number of halogens is 2. The van der Waals surface area contributed by atoms with E-state index in [4.69, 9.17) is 0 Å². The summed E-state index contributed by atoms with van der Waals surface area (Å²) < 4.78 is 1.81. The van der Waals surface area contributed by atoms with Gasteiger partial charge >= 0.3 is 5.97 Å². The van der Waals surface area contributed by atoms with Crippen molar-refractivity contribution in [3.05, 3.63) is 26.9 Å². The second kappa shape index (κ2) is 7.36. The van der Waals surface area contributed by atoms with Crippen molar-refractivity contribution in [3.8, 4) is 0 Å². The number of pyridine rings is 1. The predicted octanol–water partition coefficient (Wildman–Crippen LogP) is 3.59. The van der Waals surface area contributed by atoms with E-state index in [0.717, 1.165) is 14.6 Å². The van der Waals surface area contributed by atoms with Crippen LogP contribution in [0, 0.1) is 5.41 Å². The molecule has 0 radical (unpaired) electrons. The summed E-state index contributed by atoms with van der Waals surface area (Å²) in [7, 11) is 0. The Kier molecular flexibility index (Phi) is 6.42. The first-order valence-corrected chi connectivity index (χ1v) is 7.78. The van der Waals surface area contributed by atoms with Crippen LogP contribution in [0.25, 0.3) is 0 Å². The number of carboxylic acid groups (broad SMARTS) is 1. The number of nitrogens with zero attached hydrogens (tertiary/aromatic N) is 1. The first-order chi connectivity index (χ1) is 8.95. The predicted molar refractivity (Wildman–Crippen MR) is 82.0 cm³/mol. The van der Waals surface area contributed by atoms with Crippen LogP contribution in [-0.4, -0.2) is 22.6 Å². The third-order valence-electron chi connectivity index (χ3n) is 3.45. The molecule has 0 fully saturated rings. The SMILES string of the molecule is CCC(CC)(CNCc1ncc(Br)cc1Br)C(=O)O. The maximum Gasteiger partial charge on any atom is 0.310 e. The van der Waals surface area contributed by atoms with Crippen LogP contribution in [0.2, 0.25) is 0 Å². The van der Waals surface area contributed by atoms with Gasteiger partial charge in [0.15, 0.2) is 0 Å². The Morgan fingerprint density at radius 3 is 2.53 bits per heavy atom. The lowest BCUT2D eigenvalue weighted by Crippen LogP contribution is -2.40. The molecule has 4 nitrogen and oxygen atoms in total. The summed E-state index contributed by atoms with van der Waals surface area (Å²) in [6.45, 7) is 4.81. The van der Waals surface area contributed by atoms with Crippen LogP contribution in [0.4, 0.5) is 0 Å². The zero-order valence-corrected chi connectivity index (χ0v) is 14.2. The third-order valence-corrected chi connectivity index (χ3v) is 4.57. The fourth-order valence-electron chi connectivity index (χ4n) is 1.87. The molecule has 0 saturated heterocycles. The molecule has 1 heterocycles. The van der Waals surface area contributed by atoms with E-state index in [1.807, 2.05) is 19.9 Å². The lowest BCUT2D eigenvalue weighted by atomic mass is 9.82. The van der Waals surface area contributed by atoms with Gasteiger partial charge in [-0.25, -0.2) is 0 Å². The van der Waals surface area contributed by atoms with Crippen molar-refractivity contribution in [2.75, 3.05) is 6.54 Å². The molecule has 1 aromatic rings. The second-order valence-electron chi connectivity index (χ2n) is 4.48. The lowest BCUT2D eigenvalue weighted by Gasteiger charge is -2.27. The number of hydrogen-bond acceptors (Lipinski definition) is 3. The molecule has 1 aromatic heterocycles. The number of aromatic nitrogens is 1. The molecule has 0 aliphatic heterocycles. The van der Waals surface area contributed by atoms with Gasteiger partial charge in [-0.05, 0) is 50.8 Å². The van der Waals surface area contributed by atoms with E-state index in [1.165, 1.54) is 0 Å². The molecule has 1 rings (SSSR count). The van der Waals surface area contributed by atoms with Gasteiger partial charge in [0.05, 0.1) is 11.1 Å². The zero-order valence-electron chi connectivity index (χ0n) is 11.0. The molecule has 0 aliphatic carbocycles. The average molecular weight is 394 g/mol. The third kappa shape index (κ3) is 4.26. The van der Waals surface area contributed by atoms with Gasteiger partial charge in [-0.1, -0.05) is 13.8 Å². The maximum atomic E-state index is 11.4. The average Bonchev–Trinajstić information content (AvgIpc) is 2.37. The summed E-state index contributed by atoms with van der Waals surface area (Å²) in [5, 5.41) is 12.5. The normalized spacial score (nSPS) is 11.6.